The predicted molar refractivity (Wildman–Crippen MR) is 126 cm³/mol. The van der Waals surface area contributed by atoms with Gasteiger partial charge in [0, 0.05) is 18.4 Å². The van der Waals surface area contributed by atoms with Crippen molar-refractivity contribution in [3.05, 3.63) is 22.1 Å². The average Bonchev–Trinajstić information content (AvgIpc) is 2.75. The summed E-state index contributed by atoms with van der Waals surface area (Å²) < 4.78 is 0. The van der Waals surface area contributed by atoms with Crippen molar-refractivity contribution in [1.29, 1.82) is 0 Å². The van der Waals surface area contributed by atoms with Crippen LogP contribution in [0.3, 0.4) is 0 Å². The molecular weight excluding hydrogens is 406 g/mol. The summed E-state index contributed by atoms with van der Waals surface area (Å²) in [6.07, 6.45) is 19.3. The van der Waals surface area contributed by atoms with Gasteiger partial charge in [0.15, 0.2) is 0 Å². The molecule has 1 unspecified atom stereocenters. The molecule has 1 amide bonds. The molecule has 0 radical (unpaired) electrons. The summed E-state index contributed by atoms with van der Waals surface area (Å²) in [4.78, 5) is 41.1. The van der Waals surface area contributed by atoms with Gasteiger partial charge >= 0.3 is 0 Å². The Hall–Kier alpha value is -2.18. The predicted octanol–water partition coefficient (Wildman–Crippen LogP) is 4.82. The van der Waals surface area contributed by atoms with E-state index in [1.807, 2.05) is 0 Å². The first kappa shape index (κ1) is 27.9. The van der Waals surface area contributed by atoms with E-state index in [0.717, 1.165) is 25.3 Å². The van der Waals surface area contributed by atoms with Gasteiger partial charge in [0.25, 0.3) is 5.56 Å². The maximum Gasteiger partial charge on any atom is 0.252 e. The molecule has 7 heteroatoms. The van der Waals surface area contributed by atoms with Crippen LogP contribution in [0.2, 0.25) is 0 Å². The fourth-order valence-electron chi connectivity index (χ4n) is 3.73. The van der Waals surface area contributed by atoms with E-state index in [-0.39, 0.29) is 17.5 Å². The van der Waals surface area contributed by atoms with Crippen LogP contribution in [-0.2, 0) is 9.59 Å². The molecule has 0 saturated carbocycles. The number of amides is 1. The summed E-state index contributed by atoms with van der Waals surface area (Å²) in [5, 5.41) is 13.5. The zero-order chi connectivity index (χ0) is 23.6. The first-order valence-corrected chi connectivity index (χ1v) is 12.6. The third kappa shape index (κ3) is 13.3. The molecule has 0 aliphatic rings. The van der Waals surface area contributed by atoms with Gasteiger partial charge in [-0.3, -0.25) is 19.9 Å². The molecule has 0 aromatic carbocycles. The van der Waals surface area contributed by atoms with Crippen molar-refractivity contribution in [2.24, 2.45) is 0 Å². The van der Waals surface area contributed by atoms with Crippen molar-refractivity contribution in [1.82, 2.24) is 9.97 Å². The third-order valence-corrected chi connectivity index (χ3v) is 5.82. The molecule has 1 heterocycles. The topological polar surface area (TPSA) is 115 Å². The Kier molecular flexibility index (Phi) is 15.1. The number of aromatic nitrogens is 2. The van der Waals surface area contributed by atoms with Crippen LogP contribution in [0.5, 0.6) is 0 Å². The molecule has 1 rings (SSSR count). The summed E-state index contributed by atoms with van der Waals surface area (Å²) in [5.41, 5.74) is -0.443. The van der Waals surface area contributed by atoms with E-state index in [2.05, 4.69) is 22.2 Å². The Morgan fingerprint density at radius 3 is 1.84 bits per heavy atom. The van der Waals surface area contributed by atoms with Gasteiger partial charge in [-0.2, -0.15) is 0 Å². The summed E-state index contributed by atoms with van der Waals surface area (Å²) in [6.45, 7) is 3.64. The lowest BCUT2D eigenvalue weighted by Gasteiger charge is -2.12. The standard InChI is InChI=1S/C25H43N3O4/c1-3-4-5-6-7-8-9-10-11-12-13-14-15-16-17-18-22(29)27-25-26-21(19-23(30)28-25)20(2)24(31)32/h19-20H,3-18H2,1-2H3,(H,31,32)(H2,26,27,28,29,30)/p-1. The fourth-order valence-corrected chi connectivity index (χ4v) is 3.73. The molecule has 2 N–H and O–H groups in total. The van der Waals surface area contributed by atoms with Crippen LogP contribution in [0.15, 0.2) is 10.9 Å². The number of nitrogens with one attached hydrogen (secondary N) is 2. The Bertz CT molecular complexity index is 717. The van der Waals surface area contributed by atoms with Crippen LogP contribution in [0.25, 0.3) is 0 Å². The molecule has 182 valence electrons. The highest BCUT2D eigenvalue weighted by molar-refractivity contribution is 5.88. The van der Waals surface area contributed by atoms with Crippen LogP contribution in [0.4, 0.5) is 5.95 Å². The molecule has 1 aromatic heterocycles. The number of carbonyl (C=O) groups is 2. The van der Waals surface area contributed by atoms with Gasteiger partial charge in [0.2, 0.25) is 11.9 Å². The van der Waals surface area contributed by atoms with E-state index in [0.29, 0.717) is 6.42 Å². The number of anilines is 1. The lowest BCUT2D eigenvalue weighted by atomic mass is 10.0. The molecular formula is C25H42N3O4-. The Morgan fingerprint density at radius 2 is 1.38 bits per heavy atom. The molecule has 0 aliphatic heterocycles. The summed E-state index contributed by atoms with van der Waals surface area (Å²) in [7, 11) is 0. The maximum absolute atomic E-state index is 12.1. The van der Waals surface area contributed by atoms with Crippen LogP contribution in [-0.4, -0.2) is 21.8 Å². The van der Waals surface area contributed by atoms with Crippen molar-refractivity contribution in [2.45, 2.75) is 122 Å². The SMILES string of the molecule is CCCCCCCCCCCCCCCCCC(=O)Nc1nc(C(C)C(=O)[O-])cc(=O)[nH]1. The zero-order valence-corrected chi connectivity index (χ0v) is 20.0. The highest BCUT2D eigenvalue weighted by Crippen LogP contribution is 2.14. The number of carbonyl (C=O) groups excluding carboxylic acids is 2. The number of carboxylic acids is 1. The van der Waals surface area contributed by atoms with Crippen molar-refractivity contribution in [2.75, 3.05) is 5.32 Å². The van der Waals surface area contributed by atoms with Crippen molar-refractivity contribution in [3.8, 4) is 0 Å². The number of aliphatic carboxylic acids is 1. The highest BCUT2D eigenvalue weighted by Gasteiger charge is 2.12. The van der Waals surface area contributed by atoms with Crippen molar-refractivity contribution in [3.63, 3.8) is 0 Å². The van der Waals surface area contributed by atoms with E-state index in [4.69, 9.17) is 0 Å². The third-order valence-electron chi connectivity index (χ3n) is 5.82. The second-order valence-corrected chi connectivity index (χ2v) is 8.81. The number of carboxylic acid groups (broad SMARTS) is 1. The molecule has 0 aliphatic carbocycles. The maximum atomic E-state index is 12.1. The van der Waals surface area contributed by atoms with Gasteiger partial charge in [0.05, 0.1) is 11.7 Å². The number of rotatable bonds is 19. The van der Waals surface area contributed by atoms with Crippen LogP contribution in [0.1, 0.15) is 128 Å². The number of nitrogens with zero attached hydrogens (tertiary/aromatic N) is 1. The number of hydrogen-bond donors (Lipinski definition) is 2. The Labute approximate surface area is 192 Å². The van der Waals surface area contributed by atoms with Gasteiger partial charge < -0.3 is 9.90 Å². The number of hydrogen-bond acceptors (Lipinski definition) is 5. The van der Waals surface area contributed by atoms with E-state index in [1.165, 1.54) is 84.0 Å². The molecule has 0 fully saturated rings. The van der Waals surface area contributed by atoms with Crippen LogP contribution >= 0.6 is 0 Å². The Morgan fingerprint density at radius 1 is 0.906 bits per heavy atom. The summed E-state index contributed by atoms with van der Waals surface area (Å²) in [6, 6.07) is 1.10. The van der Waals surface area contributed by atoms with E-state index in [1.54, 1.807) is 0 Å². The van der Waals surface area contributed by atoms with Crippen molar-refractivity contribution < 1.29 is 14.7 Å². The Balaban J connectivity index is 2.04. The summed E-state index contributed by atoms with van der Waals surface area (Å²) >= 11 is 0. The van der Waals surface area contributed by atoms with Crippen LogP contribution < -0.4 is 16.0 Å². The largest absolute Gasteiger partial charge is 0.549 e. The van der Waals surface area contributed by atoms with Gasteiger partial charge in [-0.1, -0.05) is 104 Å². The zero-order valence-electron chi connectivity index (χ0n) is 20.0. The number of aromatic amines is 1. The van der Waals surface area contributed by atoms with Gasteiger partial charge in [-0.15, -0.1) is 0 Å². The molecule has 32 heavy (non-hydrogen) atoms. The van der Waals surface area contributed by atoms with Gasteiger partial charge in [0.1, 0.15) is 0 Å². The molecule has 0 bridgehead atoms. The first-order chi connectivity index (χ1) is 15.4. The molecule has 0 spiro atoms. The van der Waals surface area contributed by atoms with Crippen molar-refractivity contribution >= 4 is 17.8 Å². The summed E-state index contributed by atoms with van der Waals surface area (Å²) in [5.74, 6) is -2.60. The fraction of sp³-hybridized carbons (Fsp3) is 0.760. The lowest BCUT2D eigenvalue weighted by Crippen LogP contribution is -2.30. The van der Waals surface area contributed by atoms with E-state index < -0.39 is 17.4 Å². The minimum absolute atomic E-state index is 0.0217. The van der Waals surface area contributed by atoms with E-state index >= 15 is 0 Å². The monoisotopic (exact) mass is 448 g/mol. The molecule has 0 saturated heterocycles. The lowest BCUT2D eigenvalue weighted by molar-refractivity contribution is -0.307. The molecule has 1 atom stereocenters. The van der Waals surface area contributed by atoms with Gasteiger partial charge in [-0.25, -0.2) is 4.98 Å². The normalized spacial score (nSPS) is 11.9. The minimum atomic E-state index is -1.32. The van der Waals surface area contributed by atoms with Crippen LogP contribution in [0, 0.1) is 0 Å². The second-order valence-electron chi connectivity index (χ2n) is 8.81. The highest BCUT2D eigenvalue weighted by atomic mass is 16.4. The molecule has 7 nitrogen and oxygen atoms in total. The van der Waals surface area contributed by atoms with Gasteiger partial charge in [-0.05, 0) is 6.42 Å². The quantitative estimate of drug-likeness (QED) is 0.294. The molecule has 1 aromatic rings. The smallest absolute Gasteiger partial charge is 0.252 e. The van der Waals surface area contributed by atoms with E-state index in [9.17, 15) is 19.5 Å². The number of H-pyrrole nitrogens is 1. The number of unbranched alkanes of at least 4 members (excludes halogenated alkanes) is 14. The first-order valence-electron chi connectivity index (χ1n) is 12.6. The second kappa shape index (κ2) is 17.4. The minimum Gasteiger partial charge on any atom is -0.549 e. The average molecular weight is 449 g/mol.